The Bertz CT molecular complexity index is 512. The van der Waals surface area contributed by atoms with Crippen molar-refractivity contribution in [2.45, 2.75) is 51.0 Å². The molecule has 1 aromatic rings. The van der Waals surface area contributed by atoms with E-state index in [1.807, 2.05) is 6.07 Å². The van der Waals surface area contributed by atoms with Gasteiger partial charge in [-0.15, -0.1) is 0 Å². The van der Waals surface area contributed by atoms with E-state index in [1.165, 1.54) is 44.9 Å². The van der Waals surface area contributed by atoms with Gasteiger partial charge >= 0.3 is 0 Å². The van der Waals surface area contributed by atoms with Crippen LogP contribution in [0.3, 0.4) is 0 Å². The second-order valence-corrected chi connectivity index (χ2v) is 6.40. The highest BCUT2D eigenvalue weighted by Gasteiger charge is 2.46. The van der Waals surface area contributed by atoms with Crippen molar-refractivity contribution in [3.05, 3.63) is 28.8 Å². The normalized spacial score (nSPS) is 24.5. The lowest BCUT2D eigenvalue weighted by Crippen LogP contribution is -2.50. The molecular weight excluding hydrogens is 256 g/mol. The topological polar surface area (TPSA) is 35.8 Å². The standard InChI is InChI=1S/C16H19ClN2/c17-13-5-4-12(11-18)14(10-13)19-15-6-9-16(15)7-2-1-3-8-16/h4-5,10,15,19H,1-3,6-9H2. The number of nitrogens with zero attached hydrogens (tertiary/aromatic N) is 1. The molecule has 1 aromatic carbocycles. The molecule has 1 atom stereocenters. The first-order valence-electron chi connectivity index (χ1n) is 7.20. The molecule has 0 amide bonds. The molecule has 0 radical (unpaired) electrons. The van der Waals surface area contributed by atoms with Crippen LogP contribution in [-0.2, 0) is 0 Å². The van der Waals surface area contributed by atoms with Gasteiger partial charge in [0.05, 0.1) is 11.3 Å². The number of anilines is 1. The number of nitrogens with one attached hydrogen (secondary N) is 1. The van der Waals surface area contributed by atoms with E-state index in [-0.39, 0.29) is 0 Å². The summed E-state index contributed by atoms with van der Waals surface area (Å²) in [5.74, 6) is 0. The van der Waals surface area contributed by atoms with Crippen LogP contribution >= 0.6 is 11.6 Å². The average molecular weight is 275 g/mol. The lowest BCUT2D eigenvalue weighted by Gasteiger charge is -2.52. The van der Waals surface area contributed by atoms with Crippen molar-refractivity contribution < 1.29 is 0 Å². The molecule has 0 saturated heterocycles. The van der Waals surface area contributed by atoms with Crippen LogP contribution in [0, 0.1) is 16.7 Å². The summed E-state index contributed by atoms with van der Waals surface area (Å²) in [4.78, 5) is 0. The molecule has 2 nitrogen and oxygen atoms in total. The first kappa shape index (κ1) is 12.8. The Morgan fingerprint density at radius 2 is 2.00 bits per heavy atom. The summed E-state index contributed by atoms with van der Waals surface area (Å²) in [6, 6.07) is 8.24. The first-order chi connectivity index (χ1) is 9.23. The third-order valence-corrected chi connectivity index (χ3v) is 5.19. The van der Waals surface area contributed by atoms with Gasteiger partial charge in [-0.3, -0.25) is 0 Å². The average Bonchev–Trinajstić information content (AvgIpc) is 2.45. The molecule has 1 N–H and O–H groups in total. The Labute approximate surface area is 119 Å². The zero-order valence-corrected chi connectivity index (χ0v) is 11.8. The molecule has 0 heterocycles. The number of hydrogen-bond donors (Lipinski definition) is 1. The van der Waals surface area contributed by atoms with Crippen LogP contribution in [-0.4, -0.2) is 6.04 Å². The molecule has 0 aromatic heterocycles. The zero-order valence-electron chi connectivity index (χ0n) is 11.1. The van der Waals surface area contributed by atoms with Crippen LogP contribution in [0.2, 0.25) is 5.02 Å². The van der Waals surface area contributed by atoms with Crippen LogP contribution in [0.4, 0.5) is 5.69 Å². The van der Waals surface area contributed by atoms with E-state index < -0.39 is 0 Å². The van der Waals surface area contributed by atoms with Crippen molar-refractivity contribution in [2.75, 3.05) is 5.32 Å². The molecule has 2 fully saturated rings. The molecule has 1 unspecified atom stereocenters. The van der Waals surface area contributed by atoms with E-state index >= 15 is 0 Å². The Kier molecular flexibility index (Phi) is 3.41. The number of benzene rings is 1. The lowest BCUT2D eigenvalue weighted by atomic mass is 9.57. The summed E-state index contributed by atoms with van der Waals surface area (Å²) in [6.07, 6.45) is 9.34. The van der Waals surface area contributed by atoms with Crippen LogP contribution in [0.1, 0.15) is 50.5 Å². The Balaban J connectivity index is 1.78. The summed E-state index contributed by atoms with van der Waals surface area (Å²) in [7, 11) is 0. The van der Waals surface area contributed by atoms with Crippen molar-refractivity contribution in [1.82, 2.24) is 0 Å². The summed E-state index contributed by atoms with van der Waals surface area (Å²) < 4.78 is 0. The van der Waals surface area contributed by atoms with Crippen molar-refractivity contribution in [3.8, 4) is 6.07 Å². The van der Waals surface area contributed by atoms with Gasteiger partial charge in [0, 0.05) is 11.1 Å². The Morgan fingerprint density at radius 1 is 1.21 bits per heavy atom. The minimum atomic E-state index is 0.493. The SMILES string of the molecule is N#Cc1ccc(Cl)cc1NC1CCC12CCCCC2. The highest BCUT2D eigenvalue weighted by atomic mass is 35.5. The quantitative estimate of drug-likeness (QED) is 0.846. The van der Waals surface area contributed by atoms with Crippen LogP contribution < -0.4 is 5.32 Å². The molecule has 100 valence electrons. The second kappa shape index (κ2) is 5.06. The molecular formula is C16H19ClN2. The minimum Gasteiger partial charge on any atom is -0.381 e. The molecule has 1 spiro atoms. The molecule has 2 saturated carbocycles. The van der Waals surface area contributed by atoms with E-state index in [9.17, 15) is 5.26 Å². The van der Waals surface area contributed by atoms with Crippen molar-refractivity contribution in [3.63, 3.8) is 0 Å². The van der Waals surface area contributed by atoms with Gasteiger partial charge in [-0.1, -0.05) is 30.9 Å². The van der Waals surface area contributed by atoms with Gasteiger partial charge in [0.1, 0.15) is 6.07 Å². The van der Waals surface area contributed by atoms with E-state index in [2.05, 4.69) is 11.4 Å². The molecule has 19 heavy (non-hydrogen) atoms. The fraction of sp³-hybridized carbons (Fsp3) is 0.562. The van der Waals surface area contributed by atoms with Gasteiger partial charge in [-0.25, -0.2) is 0 Å². The zero-order chi connectivity index (χ0) is 13.3. The van der Waals surface area contributed by atoms with Crippen LogP contribution in [0.25, 0.3) is 0 Å². The smallest absolute Gasteiger partial charge is 0.101 e. The highest BCUT2D eigenvalue weighted by Crippen LogP contribution is 2.52. The van der Waals surface area contributed by atoms with E-state index in [4.69, 9.17) is 11.6 Å². The monoisotopic (exact) mass is 274 g/mol. The fourth-order valence-electron chi connectivity index (χ4n) is 3.70. The van der Waals surface area contributed by atoms with Crippen LogP contribution in [0.15, 0.2) is 18.2 Å². The maximum atomic E-state index is 9.18. The number of halogens is 1. The molecule has 3 rings (SSSR count). The molecule has 0 bridgehead atoms. The summed E-state index contributed by atoms with van der Waals surface area (Å²) in [6.45, 7) is 0. The number of nitriles is 1. The van der Waals surface area contributed by atoms with Gasteiger partial charge in [0.2, 0.25) is 0 Å². The predicted molar refractivity (Wildman–Crippen MR) is 78.3 cm³/mol. The summed E-state index contributed by atoms with van der Waals surface area (Å²) in [5, 5.41) is 13.5. The predicted octanol–water partition coefficient (Wildman–Crippen LogP) is 4.74. The van der Waals surface area contributed by atoms with Gasteiger partial charge in [0.25, 0.3) is 0 Å². The number of hydrogen-bond acceptors (Lipinski definition) is 2. The van der Waals surface area contributed by atoms with E-state index in [0.29, 0.717) is 22.0 Å². The second-order valence-electron chi connectivity index (χ2n) is 5.96. The summed E-state index contributed by atoms with van der Waals surface area (Å²) in [5.41, 5.74) is 2.10. The third kappa shape index (κ3) is 2.32. The fourth-order valence-corrected chi connectivity index (χ4v) is 3.87. The molecule has 0 aliphatic heterocycles. The Hall–Kier alpha value is -1.20. The van der Waals surface area contributed by atoms with Crippen molar-refractivity contribution in [1.29, 1.82) is 5.26 Å². The molecule has 3 heteroatoms. The van der Waals surface area contributed by atoms with Gasteiger partial charge < -0.3 is 5.32 Å². The first-order valence-corrected chi connectivity index (χ1v) is 7.57. The van der Waals surface area contributed by atoms with Gasteiger partial charge in [0.15, 0.2) is 0 Å². The minimum absolute atomic E-state index is 0.493. The Morgan fingerprint density at radius 3 is 2.63 bits per heavy atom. The molecule has 2 aliphatic rings. The van der Waals surface area contributed by atoms with Crippen molar-refractivity contribution in [2.24, 2.45) is 5.41 Å². The van der Waals surface area contributed by atoms with Gasteiger partial charge in [-0.05, 0) is 49.3 Å². The highest BCUT2D eigenvalue weighted by molar-refractivity contribution is 6.30. The molecule has 2 aliphatic carbocycles. The van der Waals surface area contributed by atoms with Crippen molar-refractivity contribution >= 4 is 17.3 Å². The number of rotatable bonds is 2. The summed E-state index contributed by atoms with van der Waals surface area (Å²) >= 11 is 6.05. The maximum absolute atomic E-state index is 9.18. The van der Waals surface area contributed by atoms with Crippen LogP contribution in [0.5, 0.6) is 0 Å². The van der Waals surface area contributed by atoms with Gasteiger partial charge in [-0.2, -0.15) is 5.26 Å². The lowest BCUT2D eigenvalue weighted by molar-refractivity contribution is 0.0571. The van der Waals surface area contributed by atoms with E-state index in [1.54, 1.807) is 12.1 Å². The third-order valence-electron chi connectivity index (χ3n) is 4.95. The maximum Gasteiger partial charge on any atom is 0.101 e. The van der Waals surface area contributed by atoms with E-state index in [0.717, 1.165) is 5.69 Å². The largest absolute Gasteiger partial charge is 0.381 e.